The second-order valence-electron chi connectivity index (χ2n) is 8.77. The summed E-state index contributed by atoms with van der Waals surface area (Å²) in [5.74, 6) is 1.67. The lowest BCUT2D eigenvalue weighted by molar-refractivity contribution is -0.122. The first-order chi connectivity index (χ1) is 15.9. The Hall–Kier alpha value is -3.28. The normalized spacial score (nSPS) is 20.4. The van der Waals surface area contributed by atoms with E-state index in [1.807, 2.05) is 63.2 Å². The summed E-state index contributed by atoms with van der Waals surface area (Å²) >= 11 is 0. The van der Waals surface area contributed by atoms with Crippen molar-refractivity contribution in [2.45, 2.75) is 58.0 Å². The lowest BCUT2D eigenvalue weighted by Crippen LogP contribution is -2.38. The maximum atomic E-state index is 13.4. The van der Waals surface area contributed by atoms with Crippen LogP contribution < -0.4 is 19.5 Å². The van der Waals surface area contributed by atoms with Gasteiger partial charge in [0.2, 0.25) is 5.91 Å². The number of hydrogen-bond donors (Lipinski definition) is 1. The van der Waals surface area contributed by atoms with Gasteiger partial charge in [-0.15, -0.1) is 0 Å². The minimum absolute atomic E-state index is 0.0140. The molecule has 0 radical (unpaired) electrons. The molecule has 2 aromatic carbocycles. The Morgan fingerprint density at radius 1 is 1.03 bits per heavy atom. The molecular weight excluding hydrogens is 418 g/mol. The van der Waals surface area contributed by atoms with Crippen LogP contribution in [0.3, 0.4) is 0 Å². The number of Topliss-reactive ketones (excluding diaryl/α,β-unsaturated/α-hetero) is 1. The van der Waals surface area contributed by atoms with E-state index in [0.717, 1.165) is 22.6 Å². The molecular formula is C27H31NO5. The summed E-state index contributed by atoms with van der Waals surface area (Å²) < 4.78 is 17.1. The van der Waals surface area contributed by atoms with E-state index in [2.05, 4.69) is 5.32 Å². The van der Waals surface area contributed by atoms with Crippen LogP contribution in [0.1, 0.15) is 63.0 Å². The molecule has 1 N–H and O–H groups in total. The van der Waals surface area contributed by atoms with Gasteiger partial charge in [0.1, 0.15) is 5.75 Å². The van der Waals surface area contributed by atoms with Gasteiger partial charge < -0.3 is 19.5 Å². The van der Waals surface area contributed by atoms with Crippen molar-refractivity contribution in [1.29, 1.82) is 0 Å². The Labute approximate surface area is 194 Å². The zero-order valence-electron chi connectivity index (χ0n) is 19.6. The van der Waals surface area contributed by atoms with Gasteiger partial charge in [0, 0.05) is 35.6 Å². The number of hydrogen-bond acceptors (Lipinski definition) is 5. The van der Waals surface area contributed by atoms with E-state index in [1.54, 1.807) is 7.11 Å². The summed E-state index contributed by atoms with van der Waals surface area (Å²) in [6.45, 7) is 6.35. The highest BCUT2D eigenvalue weighted by Crippen LogP contribution is 2.46. The largest absolute Gasteiger partial charge is 0.493 e. The fourth-order valence-corrected chi connectivity index (χ4v) is 4.82. The quantitative estimate of drug-likeness (QED) is 0.652. The van der Waals surface area contributed by atoms with Crippen LogP contribution in [0, 0.1) is 0 Å². The van der Waals surface area contributed by atoms with Crippen molar-refractivity contribution in [3.63, 3.8) is 0 Å². The Balaban J connectivity index is 1.67. The summed E-state index contributed by atoms with van der Waals surface area (Å²) in [6, 6.07) is 13.5. The molecule has 0 fully saturated rings. The summed E-state index contributed by atoms with van der Waals surface area (Å²) in [6.07, 6.45) is 1.34. The highest BCUT2D eigenvalue weighted by atomic mass is 16.5. The molecule has 2 atom stereocenters. The summed E-state index contributed by atoms with van der Waals surface area (Å²) in [7, 11) is 1.59. The van der Waals surface area contributed by atoms with Gasteiger partial charge in [0.05, 0.1) is 19.8 Å². The molecule has 33 heavy (non-hydrogen) atoms. The third kappa shape index (κ3) is 4.75. The SMILES string of the molecule is CCOc1c(OC)cccc1C1CC(=O)NC2=C1C(=O)CC(c1ccc(OC(C)C)cc1)C2. The van der Waals surface area contributed by atoms with Crippen LogP contribution in [0.4, 0.5) is 0 Å². The number of allylic oxidation sites excluding steroid dienone is 2. The van der Waals surface area contributed by atoms with Gasteiger partial charge in [-0.1, -0.05) is 24.3 Å². The number of ether oxygens (including phenoxy) is 3. The number of ketones is 1. The summed E-state index contributed by atoms with van der Waals surface area (Å²) in [5.41, 5.74) is 3.31. The smallest absolute Gasteiger partial charge is 0.225 e. The van der Waals surface area contributed by atoms with Gasteiger partial charge in [-0.2, -0.15) is 0 Å². The molecule has 0 aromatic heterocycles. The number of rotatable bonds is 7. The van der Waals surface area contributed by atoms with Gasteiger partial charge in [0.25, 0.3) is 0 Å². The zero-order valence-corrected chi connectivity index (χ0v) is 19.6. The lowest BCUT2D eigenvalue weighted by Gasteiger charge is -2.35. The van der Waals surface area contributed by atoms with Gasteiger partial charge in [-0.05, 0) is 56.9 Å². The molecule has 1 amide bonds. The summed E-state index contributed by atoms with van der Waals surface area (Å²) in [5, 5.41) is 2.99. The number of para-hydroxylation sites is 1. The monoisotopic (exact) mass is 449 g/mol. The molecule has 2 aliphatic rings. The Kier molecular flexibility index (Phi) is 6.72. The molecule has 6 heteroatoms. The van der Waals surface area contributed by atoms with Gasteiger partial charge >= 0.3 is 0 Å². The number of benzene rings is 2. The zero-order chi connectivity index (χ0) is 23.5. The fourth-order valence-electron chi connectivity index (χ4n) is 4.82. The van der Waals surface area contributed by atoms with Gasteiger partial charge in [-0.25, -0.2) is 0 Å². The van der Waals surface area contributed by atoms with Crippen molar-refractivity contribution in [1.82, 2.24) is 5.32 Å². The molecule has 174 valence electrons. The second kappa shape index (κ2) is 9.69. The van der Waals surface area contributed by atoms with E-state index in [4.69, 9.17) is 14.2 Å². The van der Waals surface area contributed by atoms with E-state index >= 15 is 0 Å². The van der Waals surface area contributed by atoms with Gasteiger partial charge in [-0.3, -0.25) is 9.59 Å². The number of nitrogens with one attached hydrogen (secondary N) is 1. The molecule has 1 aliphatic heterocycles. The Bertz CT molecular complexity index is 1070. The van der Waals surface area contributed by atoms with Crippen molar-refractivity contribution in [3.8, 4) is 17.2 Å². The number of amides is 1. The van der Waals surface area contributed by atoms with Crippen molar-refractivity contribution in [3.05, 3.63) is 64.9 Å². The predicted molar refractivity (Wildman–Crippen MR) is 126 cm³/mol. The molecule has 0 saturated heterocycles. The lowest BCUT2D eigenvalue weighted by atomic mass is 9.73. The average Bonchev–Trinajstić information content (AvgIpc) is 2.78. The van der Waals surface area contributed by atoms with Crippen molar-refractivity contribution in [2.24, 2.45) is 0 Å². The van der Waals surface area contributed by atoms with Crippen LogP contribution in [0.15, 0.2) is 53.7 Å². The fraction of sp³-hybridized carbons (Fsp3) is 0.407. The third-order valence-corrected chi connectivity index (χ3v) is 6.15. The molecule has 4 rings (SSSR count). The molecule has 0 bridgehead atoms. The van der Waals surface area contributed by atoms with E-state index in [9.17, 15) is 9.59 Å². The molecule has 2 aromatic rings. The predicted octanol–water partition coefficient (Wildman–Crippen LogP) is 4.89. The van der Waals surface area contributed by atoms with Crippen molar-refractivity contribution in [2.75, 3.05) is 13.7 Å². The van der Waals surface area contributed by atoms with Crippen LogP contribution in [0.2, 0.25) is 0 Å². The second-order valence-corrected chi connectivity index (χ2v) is 8.77. The highest BCUT2D eigenvalue weighted by Gasteiger charge is 2.39. The summed E-state index contributed by atoms with van der Waals surface area (Å²) in [4.78, 5) is 26.1. The Morgan fingerprint density at radius 2 is 1.79 bits per heavy atom. The molecule has 2 unspecified atom stereocenters. The molecule has 1 aliphatic carbocycles. The maximum Gasteiger partial charge on any atom is 0.225 e. The average molecular weight is 450 g/mol. The molecule has 0 spiro atoms. The standard InChI is InChI=1S/C27H31NO5/c1-5-32-27-20(7-6-8-24(27)31-4)21-15-25(30)28-22-13-18(14-23(29)26(21)22)17-9-11-19(12-10-17)33-16(2)3/h6-12,16,18,21H,5,13-15H2,1-4H3,(H,28,30). The minimum Gasteiger partial charge on any atom is -0.493 e. The third-order valence-electron chi connectivity index (χ3n) is 6.15. The van der Waals surface area contributed by atoms with Crippen LogP contribution in [0.25, 0.3) is 0 Å². The van der Waals surface area contributed by atoms with Crippen LogP contribution in [0.5, 0.6) is 17.2 Å². The van der Waals surface area contributed by atoms with Crippen LogP contribution in [-0.2, 0) is 9.59 Å². The molecule has 6 nitrogen and oxygen atoms in total. The van der Waals surface area contributed by atoms with Crippen LogP contribution >= 0.6 is 0 Å². The maximum absolute atomic E-state index is 13.4. The van der Waals surface area contributed by atoms with Crippen LogP contribution in [-0.4, -0.2) is 31.5 Å². The van der Waals surface area contributed by atoms with E-state index < -0.39 is 0 Å². The topological polar surface area (TPSA) is 73.9 Å². The first-order valence-electron chi connectivity index (χ1n) is 11.5. The Morgan fingerprint density at radius 3 is 2.45 bits per heavy atom. The van der Waals surface area contributed by atoms with E-state index in [0.29, 0.717) is 36.5 Å². The number of carbonyl (C=O) groups is 2. The first-order valence-corrected chi connectivity index (χ1v) is 11.5. The van der Waals surface area contributed by atoms with E-state index in [1.165, 1.54) is 0 Å². The van der Waals surface area contributed by atoms with E-state index in [-0.39, 0.29) is 36.1 Å². The first kappa shape index (κ1) is 22.9. The van der Waals surface area contributed by atoms with Crippen molar-refractivity contribution < 1.29 is 23.8 Å². The minimum atomic E-state index is -0.347. The number of carbonyl (C=O) groups excluding carboxylic acids is 2. The van der Waals surface area contributed by atoms with Crippen molar-refractivity contribution >= 4 is 11.7 Å². The number of methoxy groups -OCH3 is 1. The molecule has 1 heterocycles. The van der Waals surface area contributed by atoms with Gasteiger partial charge in [0.15, 0.2) is 17.3 Å². The highest BCUT2D eigenvalue weighted by molar-refractivity contribution is 6.02. The molecule has 0 saturated carbocycles.